The number of hydrogen-bond acceptors (Lipinski definition) is 4. The Balaban J connectivity index is 1.58. The summed E-state index contributed by atoms with van der Waals surface area (Å²) in [6.07, 6.45) is 5.14. The molecule has 1 N–H and O–H groups in total. The summed E-state index contributed by atoms with van der Waals surface area (Å²) in [6, 6.07) is 5.49. The number of hydrogen-bond donors (Lipinski definition) is 1. The van der Waals surface area contributed by atoms with E-state index in [1.807, 2.05) is 0 Å². The third-order valence-electron chi connectivity index (χ3n) is 5.98. The normalized spacial score (nSPS) is 19.4. The Morgan fingerprint density at radius 2 is 1.72 bits per heavy atom. The zero-order valence-corrected chi connectivity index (χ0v) is 16.9. The molecule has 7 heteroatoms. The maximum atomic E-state index is 13.1. The number of ether oxygens (including phenoxy) is 1. The first-order valence-corrected chi connectivity index (χ1v) is 10.5. The second-order valence-corrected chi connectivity index (χ2v) is 7.93. The first-order valence-electron chi connectivity index (χ1n) is 10.5. The van der Waals surface area contributed by atoms with Crippen LogP contribution in [0.1, 0.15) is 62.2 Å². The highest BCUT2D eigenvalue weighted by atomic mass is 19.1. The molecule has 1 heterocycles. The van der Waals surface area contributed by atoms with E-state index in [1.165, 1.54) is 24.3 Å². The summed E-state index contributed by atoms with van der Waals surface area (Å²) in [7, 11) is 0. The number of halogens is 1. The molecular weight excluding hydrogens is 375 g/mol. The standard InChI is InChI=1S/C22H29FN2O4/c1-2-29-21(28)22(12-4-3-5-13-22)24-19(26)16-10-14-25(15-11-16)20(27)17-6-8-18(23)9-7-17/h6-9,16H,2-5,10-15H2,1H3,(H,24,26). The number of rotatable bonds is 5. The lowest BCUT2D eigenvalue weighted by atomic mass is 9.80. The van der Waals surface area contributed by atoms with E-state index in [2.05, 4.69) is 5.32 Å². The van der Waals surface area contributed by atoms with Gasteiger partial charge < -0.3 is 15.0 Å². The van der Waals surface area contributed by atoms with Crippen molar-refractivity contribution in [2.75, 3.05) is 19.7 Å². The van der Waals surface area contributed by atoms with E-state index < -0.39 is 5.54 Å². The first kappa shape index (κ1) is 21.3. The molecule has 2 aliphatic rings. The minimum absolute atomic E-state index is 0.131. The number of nitrogens with one attached hydrogen (secondary N) is 1. The van der Waals surface area contributed by atoms with Crippen LogP contribution in [0.2, 0.25) is 0 Å². The van der Waals surface area contributed by atoms with Gasteiger partial charge in [-0.05, 0) is 56.9 Å². The Morgan fingerprint density at radius 1 is 1.10 bits per heavy atom. The molecule has 1 saturated heterocycles. The van der Waals surface area contributed by atoms with Crippen molar-refractivity contribution in [3.05, 3.63) is 35.6 Å². The van der Waals surface area contributed by atoms with Crippen LogP contribution < -0.4 is 5.32 Å². The van der Waals surface area contributed by atoms with E-state index in [-0.39, 0.29) is 29.5 Å². The summed E-state index contributed by atoms with van der Waals surface area (Å²) in [5, 5.41) is 3.01. The largest absolute Gasteiger partial charge is 0.464 e. The van der Waals surface area contributed by atoms with Gasteiger partial charge in [-0.3, -0.25) is 9.59 Å². The molecule has 2 amide bonds. The SMILES string of the molecule is CCOC(=O)C1(NC(=O)C2CCN(C(=O)c3ccc(F)cc3)CC2)CCCCC1. The summed E-state index contributed by atoms with van der Waals surface area (Å²) in [5.74, 6) is -1.24. The van der Waals surface area contributed by atoms with Crippen LogP contribution in [0.25, 0.3) is 0 Å². The van der Waals surface area contributed by atoms with E-state index in [9.17, 15) is 18.8 Å². The van der Waals surface area contributed by atoms with E-state index >= 15 is 0 Å². The third-order valence-corrected chi connectivity index (χ3v) is 5.98. The minimum Gasteiger partial charge on any atom is -0.464 e. The van der Waals surface area contributed by atoms with Gasteiger partial charge in [0.25, 0.3) is 5.91 Å². The number of amides is 2. The van der Waals surface area contributed by atoms with Gasteiger partial charge in [0.15, 0.2) is 0 Å². The summed E-state index contributed by atoms with van der Waals surface area (Å²) in [5.41, 5.74) is -0.468. The number of piperidine rings is 1. The molecule has 6 nitrogen and oxygen atoms in total. The third kappa shape index (κ3) is 4.95. The number of benzene rings is 1. The fourth-order valence-corrected chi connectivity index (χ4v) is 4.26. The molecule has 0 unspecified atom stereocenters. The lowest BCUT2D eigenvalue weighted by Crippen LogP contribution is -2.58. The molecule has 0 atom stereocenters. The van der Waals surface area contributed by atoms with E-state index in [0.29, 0.717) is 50.9 Å². The molecule has 0 bridgehead atoms. The van der Waals surface area contributed by atoms with Gasteiger partial charge in [0.2, 0.25) is 5.91 Å². The minimum atomic E-state index is -0.910. The zero-order valence-electron chi connectivity index (χ0n) is 16.9. The number of carbonyl (C=O) groups excluding carboxylic acids is 3. The Hall–Kier alpha value is -2.44. The van der Waals surface area contributed by atoms with Crippen molar-refractivity contribution in [3.63, 3.8) is 0 Å². The smallest absolute Gasteiger partial charge is 0.331 e. The summed E-state index contributed by atoms with van der Waals surface area (Å²) in [4.78, 5) is 39.7. The quantitative estimate of drug-likeness (QED) is 0.766. The van der Waals surface area contributed by atoms with Crippen LogP contribution in [0, 0.1) is 11.7 Å². The van der Waals surface area contributed by atoms with E-state index in [4.69, 9.17) is 4.74 Å². The van der Waals surface area contributed by atoms with Crippen molar-refractivity contribution in [2.45, 2.75) is 57.4 Å². The Morgan fingerprint density at radius 3 is 2.31 bits per heavy atom. The maximum Gasteiger partial charge on any atom is 0.331 e. The molecule has 1 aromatic carbocycles. The summed E-state index contributed by atoms with van der Waals surface area (Å²) < 4.78 is 18.3. The molecule has 1 saturated carbocycles. The summed E-state index contributed by atoms with van der Waals surface area (Å²) >= 11 is 0. The van der Waals surface area contributed by atoms with Crippen molar-refractivity contribution in [1.82, 2.24) is 10.2 Å². The van der Waals surface area contributed by atoms with Crippen molar-refractivity contribution in [3.8, 4) is 0 Å². The predicted molar refractivity (Wildman–Crippen MR) is 106 cm³/mol. The Bertz CT molecular complexity index is 736. The molecule has 0 aromatic heterocycles. The van der Waals surface area contributed by atoms with Crippen molar-refractivity contribution >= 4 is 17.8 Å². The van der Waals surface area contributed by atoms with E-state index in [0.717, 1.165) is 19.3 Å². The monoisotopic (exact) mass is 404 g/mol. The Labute approximate surface area is 170 Å². The molecule has 1 aliphatic carbocycles. The predicted octanol–water partition coefficient (Wildman–Crippen LogP) is 3.06. The highest BCUT2D eigenvalue weighted by Gasteiger charge is 2.43. The number of nitrogens with zero attached hydrogens (tertiary/aromatic N) is 1. The van der Waals surface area contributed by atoms with Gasteiger partial charge in [-0.15, -0.1) is 0 Å². The molecular formula is C22H29FN2O4. The molecule has 1 aromatic rings. The highest BCUT2D eigenvalue weighted by molar-refractivity contribution is 5.94. The van der Waals surface area contributed by atoms with Gasteiger partial charge in [0, 0.05) is 24.6 Å². The van der Waals surface area contributed by atoms with Crippen LogP contribution in [-0.2, 0) is 14.3 Å². The second kappa shape index (κ2) is 9.37. The Kier molecular flexibility index (Phi) is 6.87. The van der Waals surface area contributed by atoms with Crippen molar-refractivity contribution < 1.29 is 23.5 Å². The van der Waals surface area contributed by atoms with Crippen LogP contribution in [0.3, 0.4) is 0 Å². The van der Waals surface area contributed by atoms with Crippen molar-refractivity contribution in [2.24, 2.45) is 5.92 Å². The van der Waals surface area contributed by atoms with Gasteiger partial charge >= 0.3 is 5.97 Å². The number of esters is 1. The van der Waals surface area contributed by atoms with Crippen LogP contribution in [0.4, 0.5) is 4.39 Å². The summed E-state index contributed by atoms with van der Waals surface area (Å²) in [6.45, 7) is 2.98. The highest BCUT2D eigenvalue weighted by Crippen LogP contribution is 2.31. The van der Waals surface area contributed by atoms with Gasteiger partial charge in [-0.1, -0.05) is 19.3 Å². The van der Waals surface area contributed by atoms with Gasteiger partial charge in [0.05, 0.1) is 6.61 Å². The average molecular weight is 404 g/mol. The lowest BCUT2D eigenvalue weighted by molar-refractivity contribution is -0.155. The van der Waals surface area contributed by atoms with E-state index in [1.54, 1.807) is 11.8 Å². The molecule has 0 radical (unpaired) electrons. The fourth-order valence-electron chi connectivity index (χ4n) is 4.26. The van der Waals surface area contributed by atoms with Gasteiger partial charge in [-0.2, -0.15) is 0 Å². The number of likely N-dealkylation sites (tertiary alicyclic amines) is 1. The average Bonchev–Trinajstić information content (AvgIpc) is 2.74. The lowest BCUT2D eigenvalue weighted by Gasteiger charge is -2.38. The van der Waals surface area contributed by atoms with Crippen molar-refractivity contribution in [1.29, 1.82) is 0 Å². The molecule has 3 rings (SSSR count). The molecule has 0 spiro atoms. The second-order valence-electron chi connectivity index (χ2n) is 7.93. The maximum absolute atomic E-state index is 13.1. The fraction of sp³-hybridized carbons (Fsp3) is 0.591. The van der Waals surface area contributed by atoms with Gasteiger partial charge in [0.1, 0.15) is 11.4 Å². The van der Waals surface area contributed by atoms with Gasteiger partial charge in [-0.25, -0.2) is 9.18 Å². The first-order chi connectivity index (χ1) is 13.9. The van der Waals surface area contributed by atoms with Crippen LogP contribution in [0.5, 0.6) is 0 Å². The number of carbonyl (C=O) groups is 3. The molecule has 1 aliphatic heterocycles. The van der Waals surface area contributed by atoms with Crippen LogP contribution in [0.15, 0.2) is 24.3 Å². The molecule has 158 valence electrons. The topological polar surface area (TPSA) is 75.7 Å². The zero-order chi connectivity index (χ0) is 20.9. The van der Waals surface area contributed by atoms with Crippen LogP contribution >= 0.6 is 0 Å². The molecule has 2 fully saturated rings. The van der Waals surface area contributed by atoms with Crippen LogP contribution in [-0.4, -0.2) is 47.9 Å². The molecule has 29 heavy (non-hydrogen) atoms.